The van der Waals surface area contributed by atoms with Crippen LogP contribution in [0.1, 0.15) is 24.5 Å². The van der Waals surface area contributed by atoms with E-state index in [1.165, 1.54) is 18.5 Å². The number of aryl methyl sites for hydroxylation is 1. The van der Waals surface area contributed by atoms with E-state index in [1.54, 1.807) is 13.0 Å². The quantitative estimate of drug-likeness (QED) is 0.613. The fourth-order valence-electron chi connectivity index (χ4n) is 2.61. The number of pyridine rings is 1. The highest BCUT2D eigenvalue weighted by Crippen LogP contribution is 2.22. The Hall–Kier alpha value is -3.22. The van der Waals surface area contributed by atoms with Crippen molar-refractivity contribution < 1.29 is 18.7 Å². The average Bonchev–Trinajstić information content (AvgIpc) is 3.20. The average molecular weight is 369 g/mol. The molecule has 27 heavy (non-hydrogen) atoms. The van der Waals surface area contributed by atoms with Gasteiger partial charge in [-0.3, -0.25) is 9.89 Å². The van der Waals surface area contributed by atoms with E-state index in [1.807, 2.05) is 24.3 Å². The second kappa shape index (κ2) is 8.93. The van der Waals surface area contributed by atoms with E-state index in [4.69, 9.17) is 9.47 Å². The predicted octanol–water partition coefficient (Wildman–Crippen LogP) is 3.69. The van der Waals surface area contributed by atoms with E-state index in [0.29, 0.717) is 30.9 Å². The lowest BCUT2D eigenvalue weighted by atomic mass is 10.1. The highest BCUT2D eigenvalue weighted by atomic mass is 19.1. The number of esters is 1. The van der Waals surface area contributed by atoms with E-state index in [-0.39, 0.29) is 18.3 Å². The largest absolute Gasteiger partial charge is 0.487 e. The van der Waals surface area contributed by atoms with Gasteiger partial charge in [0, 0.05) is 18.7 Å². The van der Waals surface area contributed by atoms with E-state index < -0.39 is 5.82 Å². The van der Waals surface area contributed by atoms with Gasteiger partial charge in [-0.1, -0.05) is 24.3 Å². The van der Waals surface area contributed by atoms with Crippen molar-refractivity contribution in [2.75, 3.05) is 6.61 Å². The molecule has 0 spiro atoms. The molecular formula is C20H20FN3O3. The first-order valence-corrected chi connectivity index (χ1v) is 8.67. The van der Waals surface area contributed by atoms with Crippen LogP contribution < -0.4 is 4.74 Å². The Balaban J connectivity index is 1.59. The number of ether oxygens (including phenoxy) is 2. The van der Waals surface area contributed by atoms with Gasteiger partial charge in [-0.05, 0) is 30.5 Å². The summed E-state index contributed by atoms with van der Waals surface area (Å²) in [4.78, 5) is 15.6. The topological polar surface area (TPSA) is 77.1 Å². The molecule has 0 aliphatic carbocycles. The minimum absolute atomic E-state index is 0.195. The molecule has 0 radical (unpaired) electrons. The summed E-state index contributed by atoms with van der Waals surface area (Å²) < 4.78 is 24.8. The molecule has 0 amide bonds. The van der Waals surface area contributed by atoms with Gasteiger partial charge in [0.25, 0.3) is 0 Å². The maximum absolute atomic E-state index is 14.2. The number of hydrogen-bond acceptors (Lipinski definition) is 5. The second-order valence-electron chi connectivity index (χ2n) is 5.89. The Morgan fingerprint density at radius 1 is 1.22 bits per heavy atom. The summed E-state index contributed by atoms with van der Waals surface area (Å²) in [5.74, 6) is -0.356. The first-order valence-electron chi connectivity index (χ1n) is 8.67. The zero-order chi connectivity index (χ0) is 19.1. The lowest BCUT2D eigenvalue weighted by Crippen LogP contribution is -2.05. The Bertz CT molecular complexity index is 897. The summed E-state index contributed by atoms with van der Waals surface area (Å²) in [5.41, 5.74) is 2.65. The highest BCUT2D eigenvalue weighted by Gasteiger charge is 2.10. The van der Waals surface area contributed by atoms with Crippen molar-refractivity contribution in [3.63, 3.8) is 0 Å². The number of benzene rings is 1. The lowest BCUT2D eigenvalue weighted by molar-refractivity contribution is -0.143. The molecule has 3 aromatic rings. The third kappa shape index (κ3) is 5.13. The number of hydrogen-bond donors (Lipinski definition) is 1. The summed E-state index contributed by atoms with van der Waals surface area (Å²) in [6, 6.07) is 10.7. The van der Waals surface area contributed by atoms with E-state index in [9.17, 15) is 9.18 Å². The molecule has 0 saturated heterocycles. The van der Waals surface area contributed by atoms with Crippen molar-refractivity contribution in [3.05, 3.63) is 65.7 Å². The molecule has 0 aliphatic heterocycles. The van der Waals surface area contributed by atoms with Crippen molar-refractivity contribution in [2.24, 2.45) is 0 Å². The van der Waals surface area contributed by atoms with Crippen molar-refractivity contribution >= 4 is 5.97 Å². The van der Waals surface area contributed by atoms with Crippen molar-refractivity contribution in [3.8, 4) is 17.1 Å². The molecule has 1 aromatic carbocycles. The SMILES string of the molecule is CCOC(=O)CCc1cccc(COc2cnc(-c3ccn[nH]3)c(F)c2)c1. The zero-order valence-electron chi connectivity index (χ0n) is 14.9. The molecule has 0 aliphatic rings. The summed E-state index contributed by atoms with van der Waals surface area (Å²) >= 11 is 0. The third-order valence-electron chi connectivity index (χ3n) is 3.89. The number of carbonyl (C=O) groups is 1. The molecule has 140 valence electrons. The Morgan fingerprint density at radius 2 is 2.07 bits per heavy atom. The van der Waals surface area contributed by atoms with Gasteiger partial charge < -0.3 is 9.47 Å². The van der Waals surface area contributed by atoms with Gasteiger partial charge in [0.05, 0.1) is 18.5 Å². The molecular weight excluding hydrogens is 349 g/mol. The van der Waals surface area contributed by atoms with E-state index >= 15 is 0 Å². The van der Waals surface area contributed by atoms with Crippen molar-refractivity contribution in [2.45, 2.75) is 26.4 Å². The predicted molar refractivity (Wildman–Crippen MR) is 97.5 cm³/mol. The van der Waals surface area contributed by atoms with Crippen LogP contribution in [-0.2, 0) is 22.6 Å². The normalized spacial score (nSPS) is 10.6. The fourth-order valence-corrected chi connectivity index (χ4v) is 2.61. The molecule has 0 atom stereocenters. The molecule has 6 nitrogen and oxygen atoms in total. The number of halogens is 1. The van der Waals surface area contributed by atoms with Crippen LogP contribution in [0.2, 0.25) is 0 Å². The van der Waals surface area contributed by atoms with Gasteiger partial charge in [-0.25, -0.2) is 9.37 Å². The summed E-state index contributed by atoms with van der Waals surface area (Å²) in [6.07, 6.45) is 3.95. The first-order chi connectivity index (χ1) is 13.2. The zero-order valence-corrected chi connectivity index (χ0v) is 14.9. The van der Waals surface area contributed by atoms with Crippen LogP contribution in [0.5, 0.6) is 5.75 Å². The Labute approximate surface area is 156 Å². The van der Waals surface area contributed by atoms with Crippen LogP contribution in [-0.4, -0.2) is 27.8 Å². The molecule has 0 bridgehead atoms. The van der Waals surface area contributed by atoms with Crippen LogP contribution >= 0.6 is 0 Å². The number of carbonyl (C=O) groups excluding carboxylic acids is 1. The molecule has 0 unspecified atom stereocenters. The first kappa shape index (κ1) is 18.6. The van der Waals surface area contributed by atoms with Gasteiger partial charge in [0.2, 0.25) is 0 Å². The molecule has 0 saturated carbocycles. The minimum atomic E-state index is -0.486. The number of aromatic nitrogens is 3. The molecule has 0 fully saturated rings. The number of nitrogens with zero attached hydrogens (tertiary/aromatic N) is 2. The van der Waals surface area contributed by atoms with Crippen LogP contribution in [0.15, 0.2) is 48.8 Å². The van der Waals surface area contributed by atoms with E-state index in [2.05, 4.69) is 15.2 Å². The maximum Gasteiger partial charge on any atom is 0.306 e. The standard InChI is InChI=1S/C20H20FN3O3/c1-2-26-19(25)7-6-14-4-3-5-15(10-14)13-27-16-11-17(21)20(22-12-16)18-8-9-23-24-18/h3-5,8-12H,2,6-7,13H2,1H3,(H,23,24). The molecule has 7 heteroatoms. The van der Waals surface area contributed by atoms with E-state index in [0.717, 1.165) is 11.1 Å². The third-order valence-corrected chi connectivity index (χ3v) is 3.89. The summed E-state index contributed by atoms with van der Waals surface area (Å²) in [7, 11) is 0. The smallest absolute Gasteiger partial charge is 0.306 e. The highest BCUT2D eigenvalue weighted by molar-refractivity contribution is 5.69. The molecule has 1 N–H and O–H groups in total. The van der Waals surface area contributed by atoms with Crippen molar-refractivity contribution in [1.82, 2.24) is 15.2 Å². The number of nitrogens with one attached hydrogen (secondary N) is 1. The minimum Gasteiger partial charge on any atom is -0.487 e. The van der Waals surface area contributed by atoms with Gasteiger partial charge in [0.1, 0.15) is 18.1 Å². The number of aromatic amines is 1. The van der Waals surface area contributed by atoms with Gasteiger partial charge >= 0.3 is 5.97 Å². The Kier molecular flexibility index (Phi) is 6.14. The molecule has 2 aromatic heterocycles. The number of rotatable bonds is 8. The summed E-state index contributed by atoms with van der Waals surface area (Å²) in [5, 5.41) is 6.47. The van der Waals surface area contributed by atoms with Crippen LogP contribution in [0.4, 0.5) is 4.39 Å². The van der Waals surface area contributed by atoms with Gasteiger partial charge in [-0.2, -0.15) is 5.10 Å². The lowest BCUT2D eigenvalue weighted by Gasteiger charge is -2.09. The summed E-state index contributed by atoms with van der Waals surface area (Å²) in [6.45, 7) is 2.45. The van der Waals surface area contributed by atoms with Crippen molar-refractivity contribution in [1.29, 1.82) is 0 Å². The Morgan fingerprint density at radius 3 is 2.81 bits per heavy atom. The fraction of sp³-hybridized carbons (Fsp3) is 0.250. The van der Waals surface area contributed by atoms with Crippen LogP contribution in [0, 0.1) is 5.82 Å². The second-order valence-corrected chi connectivity index (χ2v) is 5.89. The van der Waals surface area contributed by atoms with Gasteiger partial charge in [0.15, 0.2) is 5.82 Å². The van der Waals surface area contributed by atoms with Crippen LogP contribution in [0.25, 0.3) is 11.4 Å². The maximum atomic E-state index is 14.2. The molecule has 3 rings (SSSR count). The molecule has 2 heterocycles. The van der Waals surface area contributed by atoms with Crippen LogP contribution in [0.3, 0.4) is 0 Å². The van der Waals surface area contributed by atoms with Gasteiger partial charge in [-0.15, -0.1) is 0 Å². The monoisotopic (exact) mass is 369 g/mol. The number of H-pyrrole nitrogens is 1.